The van der Waals surface area contributed by atoms with Crippen molar-refractivity contribution < 1.29 is 27.2 Å². The fourth-order valence-corrected chi connectivity index (χ4v) is 5.26. The second-order valence-corrected chi connectivity index (χ2v) is 11.3. The number of nitrogens with one attached hydrogen (secondary N) is 1. The number of ether oxygens (including phenoxy) is 1. The fourth-order valence-electron chi connectivity index (χ4n) is 4.45. The maximum atomic E-state index is 13.6. The van der Waals surface area contributed by atoms with Gasteiger partial charge in [-0.2, -0.15) is 13.5 Å². The van der Waals surface area contributed by atoms with Crippen molar-refractivity contribution in [3.8, 4) is 0 Å². The van der Waals surface area contributed by atoms with E-state index in [9.17, 15) is 18.3 Å². The lowest BCUT2D eigenvalue weighted by Gasteiger charge is -2.15. The lowest BCUT2D eigenvalue weighted by molar-refractivity contribution is 0.101. The molecule has 0 saturated heterocycles. The van der Waals surface area contributed by atoms with Crippen LogP contribution in [0.5, 0.6) is 0 Å². The molecule has 4 N–H and O–H groups in total. The van der Waals surface area contributed by atoms with Crippen LogP contribution < -0.4 is 10.5 Å². The summed E-state index contributed by atoms with van der Waals surface area (Å²) < 4.78 is 35.1. The molecular formula is C24H29BrN6O6S. The van der Waals surface area contributed by atoms with Crippen molar-refractivity contribution in [1.82, 2.24) is 19.7 Å². The van der Waals surface area contributed by atoms with E-state index in [-0.39, 0.29) is 41.6 Å². The Balaban J connectivity index is 1.55. The number of anilines is 1. The summed E-state index contributed by atoms with van der Waals surface area (Å²) in [6.07, 6.45) is 2.32. The van der Waals surface area contributed by atoms with Crippen LogP contribution >= 0.6 is 15.9 Å². The van der Waals surface area contributed by atoms with Gasteiger partial charge in [0, 0.05) is 29.7 Å². The first-order valence-corrected chi connectivity index (χ1v) is 14.1. The first-order valence-electron chi connectivity index (χ1n) is 11.9. The average Bonchev–Trinajstić information content (AvgIpc) is 3.44. The summed E-state index contributed by atoms with van der Waals surface area (Å²) in [6.45, 7) is 2.08. The van der Waals surface area contributed by atoms with Crippen molar-refractivity contribution in [3.63, 3.8) is 0 Å². The third kappa shape index (κ3) is 7.01. The molecule has 38 heavy (non-hydrogen) atoms. The van der Waals surface area contributed by atoms with Crippen LogP contribution in [0.1, 0.15) is 53.2 Å². The van der Waals surface area contributed by atoms with Crippen LogP contribution in [0, 0.1) is 5.92 Å². The summed E-state index contributed by atoms with van der Waals surface area (Å²) in [7, 11) is -2.52. The van der Waals surface area contributed by atoms with Crippen LogP contribution in [0.25, 0.3) is 0 Å². The molecular weight excluding hydrogens is 580 g/mol. The van der Waals surface area contributed by atoms with Crippen molar-refractivity contribution in [2.45, 2.75) is 44.6 Å². The summed E-state index contributed by atoms with van der Waals surface area (Å²) in [5.41, 5.74) is 2.16. The summed E-state index contributed by atoms with van der Waals surface area (Å²) in [4.78, 5) is 21.8. The number of methoxy groups -OCH3 is 1. The number of rotatable bonds is 11. The van der Waals surface area contributed by atoms with Crippen molar-refractivity contribution in [2.24, 2.45) is 11.1 Å². The Morgan fingerprint density at radius 3 is 2.84 bits per heavy atom. The molecule has 3 aromatic rings. The number of hydrogen-bond acceptors (Lipinski definition) is 10. The van der Waals surface area contributed by atoms with Gasteiger partial charge in [0.1, 0.15) is 17.8 Å². The van der Waals surface area contributed by atoms with Gasteiger partial charge >= 0.3 is 10.3 Å². The third-order valence-corrected chi connectivity index (χ3v) is 7.39. The van der Waals surface area contributed by atoms with Gasteiger partial charge in [0.2, 0.25) is 5.78 Å². The average molecular weight is 610 g/mol. The number of benzene rings is 1. The molecule has 2 aromatic heterocycles. The van der Waals surface area contributed by atoms with E-state index in [2.05, 4.69) is 40.5 Å². The van der Waals surface area contributed by atoms with Gasteiger partial charge in [-0.3, -0.25) is 13.7 Å². The third-order valence-electron chi connectivity index (χ3n) is 6.44. The van der Waals surface area contributed by atoms with E-state index in [0.717, 1.165) is 15.7 Å². The van der Waals surface area contributed by atoms with E-state index in [1.54, 1.807) is 17.9 Å². The Labute approximate surface area is 229 Å². The zero-order valence-electron chi connectivity index (χ0n) is 20.8. The Hall–Kier alpha value is -2.75. The maximum absolute atomic E-state index is 13.6. The Morgan fingerprint density at radius 2 is 2.13 bits per heavy atom. The number of aliphatic hydroxyl groups is 1. The van der Waals surface area contributed by atoms with Gasteiger partial charge in [0.15, 0.2) is 0 Å². The Kier molecular flexibility index (Phi) is 8.90. The van der Waals surface area contributed by atoms with Gasteiger partial charge in [-0.15, -0.1) is 0 Å². The summed E-state index contributed by atoms with van der Waals surface area (Å²) in [5, 5.41) is 23.0. The quantitative estimate of drug-likeness (QED) is 0.274. The summed E-state index contributed by atoms with van der Waals surface area (Å²) in [5.74, 6) is -0.532. The topological polar surface area (TPSA) is 172 Å². The van der Waals surface area contributed by atoms with Gasteiger partial charge in [0.05, 0.1) is 36.6 Å². The zero-order valence-corrected chi connectivity index (χ0v) is 23.2. The van der Waals surface area contributed by atoms with Gasteiger partial charge in [-0.1, -0.05) is 28.1 Å². The molecule has 4 rings (SSSR count). The van der Waals surface area contributed by atoms with Gasteiger partial charge in [0.25, 0.3) is 0 Å². The lowest BCUT2D eigenvalue weighted by atomic mass is 10.1. The molecule has 0 unspecified atom stereocenters. The second kappa shape index (κ2) is 12.0. The zero-order chi connectivity index (χ0) is 27.4. The number of aliphatic hydroxyl groups excluding tert-OH is 1. The first kappa shape index (κ1) is 28.3. The molecule has 0 bridgehead atoms. The van der Waals surface area contributed by atoms with Crippen molar-refractivity contribution >= 4 is 37.8 Å². The molecule has 1 aromatic carbocycles. The van der Waals surface area contributed by atoms with Crippen LogP contribution in [-0.2, 0) is 25.8 Å². The van der Waals surface area contributed by atoms with Crippen LogP contribution in [0.15, 0.2) is 47.3 Å². The van der Waals surface area contributed by atoms with E-state index < -0.39 is 22.3 Å². The van der Waals surface area contributed by atoms with Crippen LogP contribution in [0.2, 0.25) is 0 Å². The maximum Gasteiger partial charge on any atom is 0.333 e. The highest BCUT2D eigenvalue weighted by atomic mass is 79.9. The molecule has 1 fully saturated rings. The molecule has 0 spiro atoms. The van der Waals surface area contributed by atoms with Gasteiger partial charge in [-0.25, -0.2) is 15.1 Å². The standard InChI is InChI=1S/C24H29BrN6O6S/c1-14(36-2)21-9-20(30-31(21)11-15-4-3-5-17(25)6-15)23(33)19-10-27-13-28-24(19)29-18-7-16(22(32)8-18)12-37-38(26,34)35/h3-6,9-10,13-14,16,18,22,32H,7-8,11-12H2,1-2H3,(H2,26,34,35)(H,27,28,29)/t14-,16+,18+,22-/m0/s1. The number of hydrogen-bond donors (Lipinski definition) is 3. The monoisotopic (exact) mass is 608 g/mol. The number of carbonyl (C=O) groups is 1. The minimum atomic E-state index is -4.11. The number of halogens is 1. The fraction of sp³-hybridized carbons (Fsp3) is 0.417. The molecule has 2 heterocycles. The molecule has 14 heteroatoms. The number of nitrogens with two attached hydrogens (primary N) is 1. The van der Waals surface area contributed by atoms with E-state index in [1.807, 2.05) is 31.2 Å². The van der Waals surface area contributed by atoms with E-state index in [1.165, 1.54) is 12.5 Å². The second-order valence-electron chi connectivity index (χ2n) is 9.15. The molecule has 204 valence electrons. The molecule has 1 aliphatic rings. The predicted octanol–water partition coefficient (Wildman–Crippen LogP) is 2.19. The number of nitrogens with zero attached hydrogens (tertiary/aromatic N) is 4. The molecule has 0 aliphatic heterocycles. The van der Waals surface area contributed by atoms with E-state index >= 15 is 0 Å². The van der Waals surface area contributed by atoms with Crippen molar-refractivity contribution in [3.05, 3.63) is 69.8 Å². The number of ketones is 1. The smallest absolute Gasteiger partial charge is 0.333 e. The molecule has 0 radical (unpaired) electrons. The van der Waals surface area contributed by atoms with E-state index in [4.69, 9.17) is 9.88 Å². The first-order chi connectivity index (χ1) is 18.0. The highest BCUT2D eigenvalue weighted by Gasteiger charge is 2.35. The molecule has 4 atom stereocenters. The minimum absolute atomic E-state index is 0.211. The van der Waals surface area contributed by atoms with Crippen molar-refractivity contribution in [2.75, 3.05) is 19.0 Å². The van der Waals surface area contributed by atoms with Crippen LogP contribution in [0.3, 0.4) is 0 Å². The van der Waals surface area contributed by atoms with Crippen LogP contribution in [0.4, 0.5) is 5.82 Å². The molecule has 0 amide bonds. The molecule has 12 nitrogen and oxygen atoms in total. The minimum Gasteiger partial charge on any atom is -0.393 e. The Morgan fingerprint density at radius 1 is 1.34 bits per heavy atom. The number of carbonyl (C=O) groups excluding carboxylic acids is 1. The van der Waals surface area contributed by atoms with Crippen molar-refractivity contribution in [1.29, 1.82) is 0 Å². The highest BCUT2D eigenvalue weighted by Crippen LogP contribution is 2.30. The SMILES string of the molecule is CO[C@@H](C)c1cc(C(=O)c2cncnc2N[C@@H]2C[C@H](COS(N)(=O)=O)[C@@H](O)C2)nn1Cc1cccc(Br)c1. The number of aromatic nitrogens is 4. The molecule has 1 aliphatic carbocycles. The predicted molar refractivity (Wildman–Crippen MR) is 142 cm³/mol. The normalized spacial score (nSPS) is 20.4. The van der Waals surface area contributed by atoms with E-state index in [0.29, 0.717) is 19.4 Å². The summed E-state index contributed by atoms with van der Waals surface area (Å²) >= 11 is 3.48. The lowest BCUT2D eigenvalue weighted by Crippen LogP contribution is -2.24. The van der Waals surface area contributed by atoms with Gasteiger partial charge in [-0.05, 0) is 43.5 Å². The summed E-state index contributed by atoms with van der Waals surface area (Å²) in [6, 6.07) is 9.24. The molecule has 1 saturated carbocycles. The Bertz CT molecular complexity index is 1400. The van der Waals surface area contributed by atoms with Crippen LogP contribution in [-0.4, -0.2) is 64.9 Å². The largest absolute Gasteiger partial charge is 0.393 e. The highest BCUT2D eigenvalue weighted by molar-refractivity contribution is 9.10. The van der Waals surface area contributed by atoms with Gasteiger partial charge < -0.3 is 15.2 Å².